The molecular weight excluding hydrogens is 312 g/mol. The minimum atomic E-state index is 0.127. The van der Waals surface area contributed by atoms with E-state index in [1.165, 1.54) is 0 Å². The molecule has 0 radical (unpaired) electrons. The Labute approximate surface area is 147 Å². The number of nitrogens with zero attached hydrogens (tertiary/aromatic N) is 2. The van der Waals surface area contributed by atoms with Crippen molar-refractivity contribution in [1.29, 1.82) is 0 Å². The zero-order chi connectivity index (χ0) is 17.5. The van der Waals surface area contributed by atoms with Crippen LogP contribution in [0.3, 0.4) is 0 Å². The summed E-state index contributed by atoms with van der Waals surface area (Å²) in [7, 11) is 0. The number of para-hydroxylation sites is 2. The van der Waals surface area contributed by atoms with E-state index in [0.29, 0.717) is 12.4 Å². The fraction of sp³-hybridized carbons (Fsp3) is 0.0952. The molecule has 126 valence electrons. The summed E-state index contributed by atoms with van der Waals surface area (Å²) >= 11 is 0. The van der Waals surface area contributed by atoms with Gasteiger partial charge in [0.25, 0.3) is 0 Å². The first-order chi connectivity index (χ1) is 12.3. The lowest BCUT2D eigenvalue weighted by atomic mass is 10.2. The van der Waals surface area contributed by atoms with Crippen molar-refractivity contribution >= 4 is 17.6 Å². The number of hydrogen-bond donors (Lipinski definition) is 1. The van der Waals surface area contributed by atoms with Crippen molar-refractivity contribution in [3.63, 3.8) is 0 Å². The third kappa shape index (κ3) is 4.18. The van der Waals surface area contributed by atoms with E-state index in [4.69, 9.17) is 4.74 Å². The molecule has 0 aliphatic rings. The molecule has 4 heteroatoms. The molecule has 3 rings (SSSR count). The predicted molar refractivity (Wildman–Crippen MR) is 102 cm³/mol. The van der Waals surface area contributed by atoms with Gasteiger partial charge in [-0.15, -0.1) is 0 Å². The van der Waals surface area contributed by atoms with Gasteiger partial charge in [-0.25, -0.2) is 5.01 Å². The highest BCUT2D eigenvalue weighted by Crippen LogP contribution is 2.27. The van der Waals surface area contributed by atoms with Gasteiger partial charge in [-0.05, 0) is 55.0 Å². The highest BCUT2D eigenvalue weighted by atomic mass is 16.5. The van der Waals surface area contributed by atoms with E-state index in [9.17, 15) is 5.11 Å². The van der Waals surface area contributed by atoms with Gasteiger partial charge in [0.1, 0.15) is 0 Å². The Hall–Kier alpha value is -3.27. The largest absolute Gasteiger partial charge is 0.504 e. The highest BCUT2D eigenvalue weighted by Gasteiger charge is 2.07. The van der Waals surface area contributed by atoms with Gasteiger partial charge in [0.2, 0.25) is 0 Å². The van der Waals surface area contributed by atoms with Gasteiger partial charge in [0.15, 0.2) is 11.5 Å². The maximum Gasteiger partial charge on any atom is 0.161 e. The summed E-state index contributed by atoms with van der Waals surface area (Å²) < 4.78 is 5.43. The number of anilines is 2. The molecule has 3 aromatic rings. The van der Waals surface area contributed by atoms with Crippen molar-refractivity contribution in [1.82, 2.24) is 0 Å². The minimum absolute atomic E-state index is 0.127. The number of hydrogen-bond acceptors (Lipinski definition) is 4. The Balaban J connectivity index is 1.93. The monoisotopic (exact) mass is 332 g/mol. The number of ether oxygens (including phenoxy) is 1. The van der Waals surface area contributed by atoms with Crippen molar-refractivity contribution < 1.29 is 9.84 Å². The second kappa shape index (κ2) is 8.02. The maximum atomic E-state index is 9.82. The van der Waals surface area contributed by atoms with Crippen LogP contribution in [0.1, 0.15) is 12.5 Å². The standard InChI is InChI=1S/C21H20N2O2/c1-2-25-21-15-17(13-14-20(21)24)16-22-23(18-9-5-3-6-10-18)19-11-7-4-8-12-19/h3-16,24H,2H2,1H3/b22-16-. The first kappa shape index (κ1) is 16.6. The molecule has 0 aromatic heterocycles. The fourth-order valence-electron chi connectivity index (χ4n) is 2.43. The predicted octanol–water partition coefficient (Wildman–Crippen LogP) is 4.96. The van der Waals surface area contributed by atoms with Crippen LogP contribution in [0.15, 0.2) is 84.0 Å². The second-order valence-corrected chi connectivity index (χ2v) is 5.39. The molecule has 0 aliphatic carbocycles. The molecule has 0 heterocycles. The third-order valence-electron chi connectivity index (χ3n) is 3.61. The summed E-state index contributed by atoms with van der Waals surface area (Å²) in [5, 5.41) is 16.3. The van der Waals surface area contributed by atoms with Crippen LogP contribution in [-0.4, -0.2) is 17.9 Å². The van der Waals surface area contributed by atoms with Crippen LogP contribution >= 0.6 is 0 Å². The van der Waals surface area contributed by atoms with E-state index in [2.05, 4.69) is 5.10 Å². The lowest BCUT2D eigenvalue weighted by molar-refractivity contribution is 0.318. The lowest BCUT2D eigenvalue weighted by Crippen LogP contribution is -2.09. The van der Waals surface area contributed by atoms with Crippen LogP contribution < -0.4 is 9.75 Å². The molecule has 4 nitrogen and oxygen atoms in total. The molecule has 0 bridgehead atoms. The maximum absolute atomic E-state index is 9.82. The average molecular weight is 332 g/mol. The van der Waals surface area contributed by atoms with E-state index >= 15 is 0 Å². The van der Waals surface area contributed by atoms with Gasteiger partial charge in [0.05, 0.1) is 24.2 Å². The SMILES string of the molecule is CCOc1cc(/C=N\N(c2ccccc2)c2ccccc2)ccc1O. The smallest absolute Gasteiger partial charge is 0.161 e. The molecule has 0 atom stereocenters. The molecule has 0 unspecified atom stereocenters. The zero-order valence-electron chi connectivity index (χ0n) is 14.0. The fourth-order valence-corrected chi connectivity index (χ4v) is 2.43. The van der Waals surface area contributed by atoms with Gasteiger partial charge in [-0.2, -0.15) is 5.10 Å². The van der Waals surface area contributed by atoms with Crippen molar-refractivity contribution in [3.8, 4) is 11.5 Å². The van der Waals surface area contributed by atoms with E-state index in [0.717, 1.165) is 16.9 Å². The molecular formula is C21H20N2O2. The summed E-state index contributed by atoms with van der Waals surface area (Å²) in [5.74, 6) is 0.583. The van der Waals surface area contributed by atoms with E-state index < -0.39 is 0 Å². The molecule has 0 aliphatic heterocycles. The molecule has 0 saturated heterocycles. The van der Waals surface area contributed by atoms with Crippen molar-refractivity contribution in [2.75, 3.05) is 11.6 Å². The Bertz CT molecular complexity index is 794. The summed E-state index contributed by atoms with van der Waals surface area (Å²) in [5.41, 5.74) is 2.78. The summed E-state index contributed by atoms with van der Waals surface area (Å²) in [6.07, 6.45) is 1.75. The number of phenols is 1. The number of rotatable bonds is 6. The van der Waals surface area contributed by atoms with Crippen LogP contribution in [0.4, 0.5) is 11.4 Å². The summed E-state index contributed by atoms with van der Waals surface area (Å²) in [6, 6.07) is 25.1. The van der Waals surface area contributed by atoms with Crippen LogP contribution in [0.5, 0.6) is 11.5 Å². The number of hydrazone groups is 1. The van der Waals surface area contributed by atoms with Gasteiger partial charge in [-0.3, -0.25) is 0 Å². The van der Waals surface area contributed by atoms with Gasteiger partial charge in [0, 0.05) is 0 Å². The topological polar surface area (TPSA) is 45.1 Å². The Morgan fingerprint density at radius 2 is 1.52 bits per heavy atom. The molecule has 25 heavy (non-hydrogen) atoms. The zero-order valence-corrected chi connectivity index (χ0v) is 14.0. The van der Waals surface area contributed by atoms with E-state index in [-0.39, 0.29) is 5.75 Å². The normalized spacial score (nSPS) is 10.8. The quantitative estimate of drug-likeness (QED) is 0.512. The first-order valence-electron chi connectivity index (χ1n) is 8.18. The minimum Gasteiger partial charge on any atom is -0.504 e. The van der Waals surface area contributed by atoms with Gasteiger partial charge in [-0.1, -0.05) is 36.4 Å². The van der Waals surface area contributed by atoms with Crippen LogP contribution in [0.2, 0.25) is 0 Å². The second-order valence-electron chi connectivity index (χ2n) is 5.39. The summed E-state index contributed by atoms with van der Waals surface area (Å²) in [4.78, 5) is 0. The van der Waals surface area contributed by atoms with E-state index in [1.807, 2.05) is 72.6 Å². The Morgan fingerprint density at radius 3 is 2.08 bits per heavy atom. The Morgan fingerprint density at radius 1 is 0.920 bits per heavy atom. The molecule has 0 spiro atoms. The number of phenolic OH excluding ortho intramolecular Hbond substituents is 1. The summed E-state index contributed by atoms with van der Waals surface area (Å²) in [6.45, 7) is 2.38. The van der Waals surface area contributed by atoms with E-state index in [1.54, 1.807) is 24.4 Å². The highest BCUT2D eigenvalue weighted by molar-refractivity contribution is 5.82. The van der Waals surface area contributed by atoms with Crippen LogP contribution in [0, 0.1) is 0 Å². The van der Waals surface area contributed by atoms with Crippen LogP contribution in [-0.2, 0) is 0 Å². The lowest BCUT2D eigenvalue weighted by Gasteiger charge is -2.19. The average Bonchev–Trinajstić information content (AvgIpc) is 2.66. The Kier molecular flexibility index (Phi) is 5.32. The first-order valence-corrected chi connectivity index (χ1v) is 8.18. The van der Waals surface area contributed by atoms with Gasteiger partial charge < -0.3 is 9.84 Å². The van der Waals surface area contributed by atoms with Gasteiger partial charge >= 0.3 is 0 Å². The van der Waals surface area contributed by atoms with Crippen molar-refractivity contribution in [2.45, 2.75) is 6.92 Å². The number of benzene rings is 3. The molecule has 0 amide bonds. The van der Waals surface area contributed by atoms with Crippen molar-refractivity contribution in [3.05, 3.63) is 84.4 Å². The molecule has 1 N–H and O–H groups in total. The molecule has 0 saturated carbocycles. The van der Waals surface area contributed by atoms with Crippen molar-refractivity contribution in [2.24, 2.45) is 5.10 Å². The molecule has 3 aromatic carbocycles. The molecule has 0 fully saturated rings. The van der Waals surface area contributed by atoms with Crippen LogP contribution in [0.25, 0.3) is 0 Å². The number of aromatic hydroxyl groups is 1. The third-order valence-corrected chi connectivity index (χ3v) is 3.61.